The summed E-state index contributed by atoms with van der Waals surface area (Å²) in [4.78, 5) is 24.4. The van der Waals surface area contributed by atoms with Gasteiger partial charge in [-0.3, -0.25) is 14.9 Å². The number of rotatable bonds is 6. The molecule has 126 valence electrons. The molecule has 0 radical (unpaired) electrons. The Balaban J connectivity index is 2.15. The predicted molar refractivity (Wildman–Crippen MR) is 91.2 cm³/mol. The van der Waals surface area contributed by atoms with E-state index >= 15 is 0 Å². The highest BCUT2D eigenvalue weighted by Crippen LogP contribution is 2.23. The largest absolute Gasteiger partial charge is 0.489 e. The van der Waals surface area contributed by atoms with Crippen LogP contribution in [0.15, 0.2) is 42.5 Å². The molecule has 0 saturated heterocycles. The second-order valence-corrected chi connectivity index (χ2v) is 5.45. The number of nitro benzene ring substituents is 1. The minimum Gasteiger partial charge on any atom is -0.489 e. The van der Waals surface area contributed by atoms with Crippen molar-refractivity contribution in [2.45, 2.75) is 20.5 Å². The molecule has 0 saturated carbocycles. The summed E-state index contributed by atoms with van der Waals surface area (Å²) in [7, 11) is 1.74. The summed E-state index contributed by atoms with van der Waals surface area (Å²) in [6.07, 6.45) is 0. The van der Waals surface area contributed by atoms with E-state index < -0.39 is 4.92 Å². The molecule has 0 N–H and O–H groups in total. The summed E-state index contributed by atoms with van der Waals surface area (Å²) in [6.45, 7) is 4.43. The SMILES string of the molecule is CCN(C)C(=O)c1cccc(OCc2cccc([N+](=O)[O-])c2C)c1. The number of benzene rings is 2. The Morgan fingerprint density at radius 2 is 1.96 bits per heavy atom. The van der Waals surface area contributed by atoms with E-state index in [2.05, 4.69) is 0 Å². The van der Waals surface area contributed by atoms with E-state index in [-0.39, 0.29) is 18.2 Å². The van der Waals surface area contributed by atoms with E-state index in [1.807, 2.05) is 6.92 Å². The molecule has 0 aromatic heterocycles. The van der Waals surface area contributed by atoms with Crippen LogP contribution in [0.2, 0.25) is 0 Å². The van der Waals surface area contributed by atoms with Gasteiger partial charge in [-0.25, -0.2) is 0 Å². The van der Waals surface area contributed by atoms with Crippen LogP contribution in [-0.2, 0) is 6.61 Å². The van der Waals surface area contributed by atoms with Crippen molar-refractivity contribution in [1.29, 1.82) is 0 Å². The molecule has 0 aliphatic rings. The van der Waals surface area contributed by atoms with Gasteiger partial charge in [-0.1, -0.05) is 18.2 Å². The minimum absolute atomic E-state index is 0.0737. The van der Waals surface area contributed by atoms with Crippen LogP contribution in [0.25, 0.3) is 0 Å². The smallest absolute Gasteiger partial charge is 0.272 e. The molecule has 6 heteroatoms. The molecule has 0 heterocycles. The monoisotopic (exact) mass is 328 g/mol. The highest BCUT2D eigenvalue weighted by atomic mass is 16.6. The normalized spacial score (nSPS) is 10.3. The van der Waals surface area contributed by atoms with Crippen LogP contribution in [0.5, 0.6) is 5.75 Å². The predicted octanol–water partition coefficient (Wildman–Crippen LogP) is 3.57. The van der Waals surface area contributed by atoms with Gasteiger partial charge in [0.05, 0.1) is 4.92 Å². The van der Waals surface area contributed by atoms with Gasteiger partial charge in [0.2, 0.25) is 0 Å². The molecule has 0 aliphatic carbocycles. The van der Waals surface area contributed by atoms with E-state index in [0.29, 0.717) is 23.4 Å². The molecule has 1 amide bonds. The van der Waals surface area contributed by atoms with Crippen molar-refractivity contribution in [2.75, 3.05) is 13.6 Å². The summed E-state index contributed by atoms with van der Waals surface area (Å²) in [5.74, 6) is 0.478. The molecule has 0 atom stereocenters. The molecule has 0 aliphatic heterocycles. The number of hydrogen-bond donors (Lipinski definition) is 0. The molecule has 0 bridgehead atoms. The lowest BCUT2D eigenvalue weighted by Crippen LogP contribution is -2.26. The van der Waals surface area contributed by atoms with Gasteiger partial charge in [0.1, 0.15) is 12.4 Å². The highest BCUT2D eigenvalue weighted by Gasteiger charge is 2.14. The molecule has 0 fully saturated rings. The molecule has 2 aromatic rings. The topological polar surface area (TPSA) is 72.7 Å². The minimum atomic E-state index is -0.404. The van der Waals surface area contributed by atoms with Gasteiger partial charge in [-0.05, 0) is 37.6 Å². The first-order chi connectivity index (χ1) is 11.4. The van der Waals surface area contributed by atoms with Crippen molar-refractivity contribution in [2.24, 2.45) is 0 Å². The number of carbonyl (C=O) groups is 1. The molecular weight excluding hydrogens is 308 g/mol. The number of hydrogen-bond acceptors (Lipinski definition) is 4. The Kier molecular flexibility index (Phi) is 5.52. The molecule has 2 aromatic carbocycles. The van der Waals surface area contributed by atoms with Crippen molar-refractivity contribution in [3.63, 3.8) is 0 Å². The van der Waals surface area contributed by atoms with Crippen molar-refractivity contribution in [3.8, 4) is 5.75 Å². The second-order valence-electron chi connectivity index (χ2n) is 5.45. The summed E-state index contributed by atoms with van der Waals surface area (Å²) in [5.41, 5.74) is 1.95. The summed E-state index contributed by atoms with van der Waals surface area (Å²) in [6, 6.07) is 11.8. The van der Waals surface area contributed by atoms with Gasteiger partial charge in [0.25, 0.3) is 11.6 Å². The van der Waals surface area contributed by atoms with Gasteiger partial charge in [-0.2, -0.15) is 0 Å². The fourth-order valence-corrected chi connectivity index (χ4v) is 2.27. The number of ether oxygens (including phenoxy) is 1. The third-order valence-electron chi connectivity index (χ3n) is 3.91. The maximum absolute atomic E-state index is 12.2. The summed E-state index contributed by atoms with van der Waals surface area (Å²) < 4.78 is 5.72. The van der Waals surface area contributed by atoms with Gasteiger partial charge in [0.15, 0.2) is 0 Å². The zero-order valence-corrected chi connectivity index (χ0v) is 14.0. The van der Waals surface area contributed by atoms with E-state index in [1.165, 1.54) is 6.07 Å². The van der Waals surface area contributed by atoms with Crippen molar-refractivity contribution >= 4 is 11.6 Å². The first-order valence-corrected chi connectivity index (χ1v) is 7.65. The average Bonchev–Trinajstić information content (AvgIpc) is 2.59. The molecule has 24 heavy (non-hydrogen) atoms. The van der Waals surface area contributed by atoms with Crippen LogP contribution in [0.1, 0.15) is 28.4 Å². The van der Waals surface area contributed by atoms with Crippen molar-refractivity contribution < 1.29 is 14.5 Å². The quantitative estimate of drug-likeness (QED) is 0.600. The van der Waals surface area contributed by atoms with Gasteiger partial charge >= 0.3 is 0 Å². The van der Waals surface area contributed by atoms with Crippen LogP contribution < -0.4 is 4.74 Å². The first kappa shape index (κ1) is 17.5. The third-order valence-corrected chi connectivity index (χ3v) is 3.91. The Morgan fingerprint density at radius 1 is 1.25 bits per heavy atom. The fourth-order valence-electron chi connectivity index (χ4n) is 2.27. The first-order valence-electron chi connectivity index (χ1n) is 7.65. The van der Waals surface area contributed by atoms with Crippen LogP contribution in [0, 0.1) is 17.0 Å². The Morgan fingerprint density at radius 3 is 2.62 bits per heavy atom. The van der Waals surface area contributed by atoms with Gasteiger partial charge in [-0.15, -0.1) is 0 Å². The van der Waals surface area contributed by atoms with E-state index in [4.69, 9.17) is 4.74 Å². The van der Waals surface area contributed by atoms with Crippen LogP contribution in [0.3, 0.4) is 0 Å². The Bertz CT molecular complexity index is 758. The number of nitrogens with zero attached hydrogens (tertiary/aromatic N) is 2. The summed E-state index contributed by atoms with van der Waals surface area (Å²) >= 11 is 0. The van der Waals surface area contributed by atoms with Crippen molar-refractivity contribution in [3.05, 3.63) is 69.3 Å². The van der Waals surface area contributed by atoms with Gasteiger partial charge in [0, 0.05) is 30.8 Å². The lowest BCUT2D eigenvalue weighted by Gasteiger charge is -2.15. The molecule has 0 spiro atoms. The van der Waals surface area contributed by atoms with E-state index in [1.54, 1.807) is 55.3 Å². The average molecular weight is 328 g/mol. The maximum Gasteiger partial charge on any atom is 0.272 e. The highest BCUT2D eigenvalue weighted by molar-refractivity contribution is 5.94. The zero-order chi connectivity index (χ0) is 17.7. The van der Waals surface area contributed by atoms with E-state index in [0.717, 1.165) is 5.56 Å². The standard InChI is InChI=1S/C18H20N2O4/c1-4-19(3)18(21)14-7-5-9-16(11-14)24-12-15-8-6-10-17(13(15)2)20(22)23/h5-11H,4,12H2,1-3H3. The lowest BCUT2D eigenvalue weighted by atomic mass is 10.1. The third kappa shape index (κ3) is 3.90. The van der Waals surface area contributed by atoms with Gasteiger partial charge < -0.3 is 9.64 Å². The van der Waals surface area contributed by atoms with Crippen LogP contribution >= 0.6 is 0 Å². The fraction of sp³-hybridized carbons (Fsp3) is 0.278. The van der Waals surface area contributed by atoms with Crippen LogP contribution in [0.4, 0.5) is 5.69 Å². The van der Waals surface area contributed by atoms with E-state index in [9.17, 15) is 14.9 Å². The second kappa shape index (κ2) is 7.59. The Hall–Kier alpha value is -2.89. The Labute approximate surface area is 140 Å². The lowest BCUT2D eigenvalue weighted by molar-refractivity contribution is -0.385. The number of amides is 1. The molecule has 6 nitrogen and oxygen atoms in total. The molecule has 2 rings (SSSR count). The molecule has 0 unspecified atom stereocenters. The zero-order valence-electron chi connectivity index (χ0n) is 14.0. The van der Waals surface area contributed by atoms with Crippen molar-refractivity contribution in [1.82, 2.24) is 4.90 Å². The molecular formula is C18H20N2O4. The van der Waals surface area contributed by atoms with Crippen LogP contribution in [-0.4, -0.2) is 29.3 Å². The summed E-state index contributed by atoms with van der Waals surface area (Å²) in [5, 5.41) is 11.0. The maximum atomic E-state index is 12.2. The number of nitro groups is 1. The number of carbonyl (C=O) groups excluding carboxylic acids is 1.